The molecule has 37 heavy (non-hydrogen) atoms. The molecule has 200 valence electrons. The number of alkyl halides is 3. The highest BCUT2D eigenvalue weighted by Gasteiger charge is 2.35. The van der Waals surface area contributed by atoms with Crippen molar-refractivity contribution in [1.82, 2.24) is 20.7 Å². The van der Waals surface area contributed by atoms with Gasteiger partial charge in [0.05, 0.1) is 6.67 Å². The summed E-state index contributed by atoms with van der Waals surface area (Å²) in [6, 6.07) is 15.9. The number of carbonyl (C=O) groups excluding carboxylic acids is 2. The van der Waals surface area contributed by atoms with Gasteiger partial charge < -0.3 is 10.2 Å². The van der Waals surface area contributed by atoms with Gasteiger partial charge in [-0.05, 0) is 43.2 Å². The highest BCUT2D eigenvalue weighted by atomic mass is 19.4. The van der Waals surface area contributed by atoms with E-state index in [9.17, 15) is 22.8 Å². The maximum atomic E-state index is 12.8. The van der Waals surface area contributed by atoms with Crippen LogP contribution in [0, 0.1) is 0 Å². The number of hydrogen-bond donors (Lipinski definition) is 2. The predicted octanol–water partition coefficient (Wildman–Crippen LogP) is 3.73. The Bertz CT molecular complexity index is 1060. The number of rotatable bonds is 8. The molecule has 0 aliphatic carbocycles. The lowest BCUT2D eigenvalue weighted by Crippen LogP contribution is -2.51. The molecule has 0 saturated carbocycles. The Hall–Kier alpha value is -3.31. The number of urea groups is 1. The number of benzene rings is 2. The molecule has 2 unspecified atom stereocenters. The van der Waals surface area contributed by atoms with E-state index in [1.165, 1.54) is 0 Å². The van der Waals surface area contributed by atoms with Crippen molar-refractivity contribution in [2.24, 2.45) is 0 Å². The second kappa shape index (κ2) is 11.4. The Morgan fingerprint density at radius 2 is 1.62 bits per heavy atom. The van der Waals surface area contributed by atoms with E-state index in [1.54, 1.807) is 34.2 Å². The lowest BCUT2D eigenvalue weighted by Gasteiger charge is -2.40. The number of nitrogens with one attached hydrogen (secondary N) is 2. The quantitative estimate of drug-likeness (QED) is 0.558. The molecular formula is C26H33F3N6O2. The third-order valence-corrected chi connectivity index (χ3v) is 6.90. The zero-order valence-electron chi connectivity index (χ0n) is 21.0. The summed E-state index contributed by atoms with van der Waals surface area (Å²) in [5.74, 6) is -0.656. The average Bonchev–Trinajstić information content (AvgIpc) is 3.29. The number of nitrogens with zero attached hydrogens (tertiary/aromatic N) is 4. The van der Waals surface area contributed by atoms with E-state index in [4.69, 9.17) is 0 Å². The highest BCUT2D eigenvalue weighted by molar-refractivity contribution is 5.93. The molecule has 2 heterocycles. The number of piperazine rings is 1. The normalized spacial score (nSPS) is 18.7. The van der Waals surface area contributed by atoms with Crippen molar-refractivity contribution in [2.75, 3.05) is 49.2 Å². The summed E-state index contributed by atoms with van der Waals surface area (Å²) in [5, 5.41) is 3.71. The maximum Gasteiger partial charge on any atom is 0.405 e. The van der Waals surface area contributed by atoms with Gasteiger partial charge in [0.1, 0.15) is 12.6 Å². The fraction of sp³-hybridized carbons (Fsp3) is 0.462. The van der Waals surface area contributed by atoms with Gasteiger partial charge >= 0.3 is 12.2 Å². The zero-order chi connectivity index (χ0) is 26.6. The lowest BCUT2D eigenvalue weighted by atomic mass is 10.0. The minimum atomic E-state index is -4.47. The van der Waals surface area contributed by atoms with Gasteiger partial charge in [-0.25, -0.2) is 10.2 Å². The Labute approximate surface area is 215 Å². The first-order valence-corrected chi connectivity index (χ1v) is 12.5. The Morgan fingerprint density at radius 3 is 2.22 bits per heavy atom. The van der Waals surface area contributed by atoms with Crippen molar-refractivity contribution < 1.29 is 22.8 Å². The van der Waals surface area contributed by atoms with Crippen molar-refractivity contribution in [1.29, 1.82) is 0 Å². The summed E-state index contributed by atoms with van der Waals surface area (Å²) in [4.78, 5) is 31.3. The van der Waals surface area contributed by atoms with Crippen molar-refractivity contribution in [3.05, 3.63) is 60.2 Å². The molecule has 0 spiro atoms. The van der Waals surface area contributed by atoms with E-state index < -0.39 is 24.7 Å². The summed E-state index contributed by atoms with van der Waals surface area (Å²) in [5.41, 5.74) is 5.59. The van der Waals surface area contributed by atoms with Crippen LogP contribution in [0.25, 0.3) is 0 Å². The molecule has 0 radical (unpaired) electrons. The van der Waals surface area contributed by atoms with E-state index in [2.05, 4.69) is 15.6 Å². The van der Waals surface area contributed by atoms with Crippen LogP contribution in [0.3, 0.4) is 0 Å². The van der Waals surface area contributed by atoms with Gasteiger partial charge in [0.2, 0.25) is 5.91 Å². The molecule has 2 aliphatic heterocycles. The van der Waals surface area contributed by atoms with E-state index in [-0.39, 0.29) is 12.1 Å². The molecule has 8 nitrogen and oxygen atoms in total. The van der Waals surface area contributed by atoms with Crippen LogP contribution < -0.4 is 20.5 Å². The first-order valence-electron chi connectivity index (χ1n) is 12.5. The summed E-state index contributed by atoms with van der Waals surface area (Å²) in [6.07, 6.45) is -3.61. The van der Waals surface area contributed by atoms with Crippen molar-refractivity contribution in [3.8, 4) is 0 Å². The van der Waals surface area contributed by atoms with E-state index in [0.717, 1.165) is 17.8 Å². The van der Waals surface area contributed by atoms with Crippen LogP contribution in [0.2, 0.25) is 0 Å². The molecule has 0 bridgehead atoms. The van der Waals surface area contributed by atoms with Gasteiger partial charge in [-0.15, -0.1) is 0 Å². The smallest absolute Gasteiger partial charge is 0.369 e. The van der Waals surface area contributed by atoms with Crippen LogP contribution in [0.4, 0.5) is 29.3 Å². The molecule has 11 heteroatoms. The van der Waals surface area contributed by atoms with Gasteiger partial charge in [0.25, 0.3) is 0 Å². The molecule has 3 amide bonds. The van der Waals surface area contributed by atoms with E-state index >= 15 is 0 Å². The van der Waals surface area contributed by atoms with E-state index in [1.807, 2.05) is 49.1 Å². The fourth-order valence-corrected chi connectivity index (χ4v) is 4.67. The Kier molecular flexibility index (Phi) is 8.23. The molecular weight excluding hydrogens is 485 g/mol. The largest absolute Gasteiger partial charge is 0.405 e. The van der Waals surface area contributed by atoms with Crippen LogP contribution in [0.15, 0.2) is 54.6 Å². The first kappa shape index (κ1) is 26.7. The number of halogens is 3. The second-order valence-corrected chi connectivity index (χ2v) is 9.34. The van der Waals surface area contributed by atoms with Crippen molar-refractivity contribution in [2.45, 2.75) is 38.5 Å². The van der Waals surface area contributed by atoms with Crippen LogP contribution in [0.1, 0.15) is 31.9 Å². The molecule has 2 atom stereocenters. The standard InChI is InChI=1S/C26H33F3N6O2/c1-3-19(2)35-25(37)34(18-31-35)22-11-9-21(10-12-22)32-13-15-33(16-14-32)23(20-7-5-4-6-8-20)24(36)30-17-26(27,28)29/h4-12,19,23,31H,3,13-18H2,1-2H3,(H,30,36). The molecule has 2 aromatic carbocycles. The summed E-state index contributed by atoms with van der Waals surface area (Å²) in [7, 11) is 0. The van der Waals surface area contributed by atoms with Gasteiger partial charge in [-0.3, -0.25) is 19.6 Å². The summed E-state index contributed by atoms with van der Waals surface area (Å²) < 4.78 is 38.2. The third kappa shape index (κ3) is 6.34. The highest BCUT2D eigenvalue weighted by Crippen LogP contribution is 2.27. The average molecular weight is 519 g/mol. The molecule has 2 aliphatic rings. The monoisotopic (exact) mass is 518 g/mol. The zero-order valence-corrected chi connectivity index (χ0v) is 21.0. The van der Waals surface area contributed by atoms with Gasteiger partial charge in [-0.1, -0.05) is 37.3 Å². The number of hydrazine groups is 1. The summed E-state index contributed by atoms with van der Waals surface area (Å²) in [6.45, 7) is 5.35. The van der Waals surface area contributed by atoms with Gasteiger partial charge in [0, 0.05) is 43.6 Å². The van der Waals surface area contributed by atoms with Crippen LogP contribution in [-0.2, 0) is 4.79 Å². The van der Waals surface area contributed by atoms with E-state index in [0.29, 0.717) is 38.4 Å². The number of anilines is 2. The maximum absolute atomic E-state index is 12.8. The Morgan fingerprint density at radius 1 is 1.00 bits per heavy atom. The van der Waals surface area contributed by atoms with Crippen molar-refractivity contribution >= 4 is 23.3 Å². The second-order valence-electron chi connectivity index (χ2n) is 9.34. The molecule has 2 saturated heterocycles. The molecule has 2 fully saturated rings. The number of hydrogen-bond acceptors (Lipinski definition) is 5. The number of carbonyl (C=O) groups is 2. The molecule has 2 N–H and O–H groups in total. The first-order chi connectivity index (χ1) is 17.7. The third-order valence-electron chi connectivity index (χ3n) is 6.90. The lowest BCUT2D eigenvalue weighted by molar-refractivity contribution is -0.142. The topological polar surface area (TPSA) is 71.2 Å². The SMILES string of the molecule is CCC(C)N1NCN(c2ccc(N3CCN(C(C(=O)NCC(F)(F)F)c4ccccc4)CC3)cc2)C1=O. The van der Waals surface area contributed by atoms with Crippen molar-refractivity contribution in [3.63, 3.8) is 0 Å². The van der Waals surface area contributed by atoms with Gasteiger partial charge in [-0.2, -0.15) is 13.2 Å². The van der Waals surface area contributed by atoms with Crippen LogP contribution in [-0.4, -0.2) is 73.5 Å². The molecule has 2 aromatic rings. The van der Waals surface area contributed by atoms with Crippen LogP contribution in [0.5, 0.6) is 0 Å². The minimum Gasteiger partial charge on any atom is -0.369 e. The van der Waals surface area contributed by atoms with Gasteiger partial charge in [0.15, 0.2) is 0 Å². The Balaban J connectivity index is 1.39. The molecule has 0 aromatic heterocycles. The fourth-order valence-electron chi connectivity index (χ4n) is 4.67. The van der Waals surface area contributed by atoms with Crippen LogP contribution >= 0.6 is 0 Å². The summed E-state index contributed by atoms with van der Waals surface area (Å²) >= 11 is 0. The number of amides is 3. The molecule has 4 rings (SSSR count). The minimum absolute atomic E-state index is 0.0773. The predicted molar refractivity (Wildman–Crippen MR) is 136 cm³/mol.